The van der Waals surface area contributed by atoms with Gasteiger partial charge in [-0.15, -0.1) is 0 Å². The highest BCUT2D eigenvalue weighted by atomic mass is 35.6. The Kier molecular flexibility index (Phi) is 6.74. The number of hydrogen-bond acceptors (Lipinski definition) is 3. The molecule has 0 aliphatic heterocycles. The van der Waals surface area contributed by atoms with Crippen LogP contribution in [-0.4, -0.2) is 31.2 Å². The van der Waals surface area contributed by atoms with Crippen molar-refractivity contribution in [3.63, 3.8) is 0 Å². The number of hydrogen-bond donors (Lipinski definition) is 2. The molecule has 0 atom stereocenters. The normalized spacial score (nSPS) is 12.2. The van der Waals surface area contributed by atoms with Crippen molar-refractivity contribution in [2.24, 2.45) is 0 Å². The van der Waals surface area contributed by atoms with Gasteiger partial charge in [0.15, 0.2) is 0 Å². The summed E-state index contributed by atoms with van der Waals surface area (Å²) in [6.45, 7) is 2.23. The predicted octanol–water partition coefficient (Wildman–Crippen LogP) is 2.15. The van der Waals surface area contributed by atoms with Crippen molar-refractivity contribution < 1.29 is 13.2 Å². The maximum atomic E-state index is 11.9. The van der Waals surface area contributed by atoms with Crippen LogP contribution in [0.2, 0.25) is 0 Å². The van der Waals surface area contributed by atoms with E-state index in [4.69, 9.17) is 34.8 Å². The first-order valence-corrected chi connectivity index (χ1v) is 8.66. The monoisotopic (exact) mass is 372 g/mol. The number of sulfonamides is 1. The molecule has 9 heteroatoms. The van der Waals surface area contributed by atoms with Crippen molar-refractivity contribution in [1.29, 1.82) is 0 Å². The van der Waals surface area contributed by atoms with Crippen LogP contribution < -0.4 is 10.0 Å². The Morgan fingerprint density at radius 3 is 2.24 bits per heavy atom. The molecule has 0 heterocycles. The van der Waals surface area contributed by atoms with Gasteiger partial charge in [0.1, 0.15) is 0 Å². The standard InChI is InChI=1S/C12H15Cl3N2O3S/c1-9-3-5-10(6-4-9)21(19,20)17-8-2-7-16-11(18)12(13,14)15/h3-6,17H,2,7-8H2,1H3,(H,16,18). The van der Waals surface area contributed by atoms with Gasteiger partial charge in [0.25, 0.3) is 9.70 Å². The van der Waals surface area contributed by atoms with Crippen LogP contribution in [0.5, 0.6) is 0 Å². The Morgan fingerprint density at radius 1 is 1.14 bits per heavy atom. The molecule has 1 aromatic carbocycles. The lowest BCUT2D eigenvalue weighted by Gasteiger charge is -2.11. The molecule has 1 rings (SSSR count). The van der Waals surface area contributed by atoms with E-state index in [0.717, 1.165) is 5.56 Å². The summed E-state index contributed by atoms with van der Waals surface area (Å²) in [6.07, 6.45) is 0.373. The van der Waals surface area contributed by atoms with Gasteiger partial charge < -0.3 is 5.32 Å². The second-order valence-corrected chi connectivity index (χ2v) is 8.37. The van der Waals surface area contributed by atoms with Crippen LogP contribution in [0.4, 0.5) is 0 Å². The number of carbonyl (C=O) groups excluding carboxylic acids is 1. The summed E-state index contributed by atoms with van der Waals surface area (Å²) in [5.74, 6) is -0.742. The van der Waals surface area contributed by atoms with E-state index in [0.29, 0.717) is 6.42 Å². The van der Waals surface area contributed by atoms with Crippen LogP contribution in [0.1, 0.15) is 12.0 Å². The molecule has 1 amide bonds. The third kappa shape index (κ3) is 6.40. The Labute approximate surface area is 139 Å². The minimum Gasteiger partial charge on any atom is -0.352 e. The summed E-state index contributed by atoms with van der Waals surface area (Å²) < 4.78 is 24.3. The molecule has 2 N–H and O–H groups in total. The molecule has 0 aliphatic rings. The molecule has 0 aliphatic carbocycles. The van der Waals surface area contributed by atoms with Crippen LogP contribution in [0.3, 0.4) is 0 Å². The summed E-state index contributed by atoms with van der Waals surface area (Å²) in [5, 5.41) is 2.39. The van der Waals surface area contributed by atoms with E-state index in [9.17, 15) is 13.2 Å². The van der Waals surface area contributed by atoms with Crippen molar-refractivity contribution in [3.8, 4) is 0 Å². The highest BCUT2D eigenvalue weighted by Gasteiger charge is 2.29. The van der Waals surface area contributed by atoms with E-state index in [1.165, 1.54) is 12.1 Å². The van der Waals surface area contributed by atoms with Crippen molar-refractivity contribution in [2.75, 3.05) is 13.1 Å². The first-order valence-electron chi connectivity index (χ1n) is 6.04. The minimum absolute atomic E-state index is 0.163. The van der Waals surface area contributed by atoms with E-state index in [1.54, 1.807) is 12.1 Å². The van der Waals surface area contributed by atoms with E-state index >= 15 is 0 Å². The van der Waals surface area contributed by atoms with Crippen molar-refractivity contribution >= 4 is 50.7 Å². The second-order valence-electron chi connectivity index (χ2n) is 4.32. The Hall–Kier alpha value is -0.530. The average Bonchev–Trinajstić information content (AvgIpc) is 2.37. The van der Waals surface area contributed by atoms with Crippen LogP contribution in [0.25, 0.3) is 0 Å². The van der Waals surface area contributed by atoms with Crippen LogP contribution in [0, 0.1) is 6.92 Å². The van der Waals surface area contributed by atoms with Crippen molar-refractivity contribution in [1.82, 2.24) is 10.0 Å². The minimum atomic E-state index is -3.55. The van der Waals surface area contributed by atoms with Gasteiger partial charge in [-0.3, -0.25) is 4.79 Å². The van der Waals surface area contributed by atoms with E-state index in [1.807, 2.05) is 6.92 Å². The van der Waals surface area contributed by atoms with Gasteiger partial charge in [0.05, 0.1) is 4.90 Å². The molecule has 0 bridgehead atoms. The SMILES string of the molecule is Cc1ccc(S(=O)(=O)NCCCNC(=O)C(Cl)(Cl)Cl)cc1. The number of halogens is 3. The van der Waals surface area contributed by atoms with E-state index < -0.39 is 19.7 Å². The van der Waals surface area contributed by atoms with E-state index in [2.05, 4.69) is 10.0 Å². The molecule has 5 nitrogen and oxygen atoms in total. The molecule has 21 heavy (non-hydrogen) atoms. The smallest absolute Gasteiger partial charge is 0.272 e. The molecule has 0 unspecified atom stereocenters. The lowest BCUT2D eigenvalue weighted by atomic mass is 10.2. The van der Waals surface area contributed by atoms with E-state index in [-0.39, 0.29) is 18.0 Å². The predicted molar refractivity (Wildman–Crippen MR) is 84.3 cm³/mol. The fourth-order valence-electron chi connectivity index (χ4n) is 1.40. The second kappa shape index (κ2) is 7.65. The molecule has 0 saturated carbocycles. The molecular formula is C12H15Cl3N2O3S. The average molecular weight is 374 g/mol. The Morgan fingerprint density at radius 2 is 1.71 bits per heavy atom. The van der Waals surface area contributed by atoms with Gasteiger partial charge in [0.2, 0.25) is 10.0 Å². The van der Waals surface area contributed by atoms with Crippen molar-refractivity contribution in [3.05, 3.63) is 29.8 Å². The zero-order chi connectivity index (χ0) is 16.1. The summed E-state index contributed by atoms with van der Waals surface area (Å²) >= 11 is 16.1. The summed E-state index contributed by atoms with van der Waals surface area (Å²) in [5.41, 5.74) is 0.975. The highest BCUT2D eigenvalue weighted by Crippen LogP contribution is 2.25. The maximum absolute atomic E-state index is 11.9. The third-order valence-electron chi connectivity index (χ3n) is 2.52. The number of amides is 1. The van der Waals surface area contributed by atoms with Gasteiger partial charge in [-0.05, 0) is 25.5 Å². The zero-order valence-electron chi connectivity index (χ0n) is 11.2. The van der Waals surface area contributed by atoms with Crippen LogP contribution in [0.15, 0.2) is 29.2 Å². The number of benzene rings is 1. The molecule has 0 radical (unpaired) electrons. The molecule has 0 fully saturated rings. The number of carbonyl (C=O) groups is 1. The molecule has 1 aromatic rings. The van der Waals surface area contributed by atoms with Crippen molar-refractivity contribution in [2.45, 2.75) is 22.0 Å². The first-order chi connectivity index (χ1) is 9.63. The molecule has 0 aromatic heterocycles. The molecule has 118 valence electrons. The molecule has 0 spiro atoms. The quantitative estimate of drug-likeness (QED) is 0.592. The third-order valence-corrected chi connectivity index (χ3v) is 4.51. The topological polar surface area (TPSA) is 75.3 Å². The van der Waals surface area contributed by atoms with Gasteiger partial charge in [-0.25, -0.2) is 13.1 Å². The fourth-order valence-corrected chi connectivity index (χ4v) is 2.67. The van der Waals surface area contributed by atoms with Gasteiger partial charge in [-0.1, -0.05) is 52.5 Å². The number of rotatable bonds is 6. The molecule has 0 saturated heterocycles. The van der Waals surface area contributed by atoms with Gasteiger partial charge in [-0.2, -0.15) is 0 Å². The van der Waals surface area contributed by atoms with Crippen LogP contribution >= 0.6 is 34.8 Å². The Bertz CT molecular complexity index is 583. The highest BCUT2D eigenvalue weighted by molar-refractivity contribution is 7.89. The van der Waals surface area contributed by atoms with Gasteiger partial charge in [0, 0.05) is 13.1 Å². The molecular weight excluding hydrogens is 359 g/mol. The van der Waals surface area contributed by atoms with Gasteiger partial charge >= 0.3 is 0 Å². The summed E-state index contributed by atoms with van der Waals surface area (Å²) in [7, 11) is -3.55. The first kappa shape index (κ1) is 18.5. The maximum Gasteiger partial charge on any atom is 0.272 e. The van der Waals surface area contributed by atoms with Crippen LogP contribution in [-0.2, 0) is 14.8 Å². The zero-order valence-corrected chi connectivity index (χ0v) is 14.3. The number of aryl methyl sites for hydroxylation is 1. The lowest BCUT2D eigenvalue weighted by Crippen LogP contribution is -2.36. The summed E-state index contributed by atoms with van der Waals surface area (Å²) in [4.78, 5) is 11.4. The lowest BCUT2D eigenvalue weighted by molar-refractivity contribution is -0.120. The number of nitrogens with one attached hydrogen (secondary N) is 2. The fraction of sp³-hybridized carbons (Fsp3) is 0.417. The largest absolute Gasteiger partial charge is 0.352 e. The number of alkyl halides is 3. The Balaban J connectivity index is 2.39. The summed E-state index contributed by atoms with van der Waals surface area (Å²) in [6, 6.07) is 6.50.